The second-order valence-corrected chi connectivity index (χ2v) is 6.05. The van der Waals surface area contributed by atoms with Gasteiger partial charge in [-0.25, -0.2) is 0 Å². The van der Waals surface area contributed by atoms with Gasteiger partial charge in [0.2, 0.25) is 0 Å². The predicted octanol–water partition coefficient (Wildman–Crippen LogP) is 3.82. The zero-order valence-electron chi connectivity index (χ0n) is 9.73. The van der Waals surface area contributed by atoms with Crippen LogP contribution >= 0.6 is 15.9 Å². The van der Waals surface area contributed by atoms with Crippen LogP contribution in [0, 0.1) is 5.92 Å². The van der Waals surface area contributed by atoms with Crippen molar-refractivity contribution in [1.29, 1.82) is 0 Å². The van der Waals surface area contributed by atoms with E-state index in [-0.39, 0.29) is 12.2 Å². The Morgan fingerprint density at radius 2 is 2.00 bits per heavy atom. The van der Waals surface area contributed by atoms with Crippen molar-refractivity contribution >= 4 is 15.9 Å². The summed E-state index contributed by atoms with van der Waals surface area (Å²) in [7, 11) is 0. The number of aliphatic hydroxyl groups is 1. The van der Waals surface area contributed by atoms with Crippen LogP contribution in [0.4, 0.5) is 0 Å². The summed E-state index contributed by atoms with van der Waals surface area (Å²) in [5, 5.41) is 10.2. The minimum atomic E-state index is -0.363. The summed E-state index contributed by atoms with van der Waals surface area (Å²) in [5.41, 5.74) is 0.933. The van der Waals surface area contributed by atoms with Crippen LogP contribution in [0.5, 0.6) is 5.75 Å². The topological polar surface area (TPSA) is 29.5 Å². The van der Waals surface area contributed by atoms with Gasteiger partial charge in [-0.3, -0.25) is 0 Å². The molecule has 1 aromatic rings. The summed E-state index contributed by atoms with van der Waals surface area (Å²) >= 11 is 3.45. The molecule has 1 saturated carbocycles. The lowest BCUT2D eigenvalue weighted by Crippen LogP contribution is -2.31. The maximum Gasteiger partial charge on any atom is 0.126 e. The Hall–Kier alpha value is -0.540. The van der Waals surface area contributed by atoms with E-state index in [0.29, 0.717) is 5.92 Å². The Bertz CT molecular complexity index is 413. The molecule has 0 radical (unpaired) electrons. The average molecular weight is 297 g/mol. The molecule has 1 unspecified atom stereocenters. The van der Waals surface area contributed by atoms with Gasteiger partial charge in [-0.15, -0.1) is 0 Å². The number of fused-ring (bicyclic) bond motifs is 1. The van der Waals surface area contributed by atoms with Crippen LogP contribution in [0.1, 0.15) is 43.8 Å². The van der Waals surface area contributed by atoms with Crippen LogP contribution in [0.3, 0.4) is 0 Å². The summed E-state index contributed by atoms with van der Waals surface area (Å²) < 4.78 is 7.09. The molecule has 0 amide bonds. The van der Waals surface area contributed by atoms with Crippen molar-refractivity contribution in [2.75, 3.05) is 0 Å². The van der Waals surface area contributed by atoms with Crippen LogP contribution < -0.4 is 4.74 Å². The van der Waals surface area contributed by atoms with Crippen molar-refractivity contribution in [1.82, 2.24) is 0 Å². The highest BCUT2D eigenvalue weighted by Gasteiger charge is 2.33. The molecular weight excluding hydrogens is 280 g/mol. The monoisotopic (exact) mass is 296 g/mol. The Morgan fingerprint density at radius 1 is 1.24 bits per heavy atom. The minimum absolute atomic E-state index is 0.203. The van der Waals surface area contributed by atoms with Gasteiger partial charge in [0.1, 0.15) is 11.9 Å². The second kappa shape index (κ2) is 4.62. The van der Waals surface area contributed by atoms with Gasteiger partial charge in [-0.05, 0) is 30.9 Å². The molecule has 3 heteroatoms. The van der Waals surface area contributed by atoms with Crippen molar-refractivity contribution < 1.29 is 9.84 Å². The van der Waals surface area contributed by atoms with E-state index < -0.39 is 0 Å². The fourth-order valence-electron chi connectivity index (χ4n) is 3.06. The lowest BCUT2D eigenvalue weighted by atomic mass is 9.90. The summed E-state index contributed by atoms with van der Waals surface area (Å²) in [5.74, 6) is 1.49. The van der Waals surface area contributed by atoms with E-state index in [4.69, 9.17) is 4.74 Å². The van der Waals surface area contributed by atoms with E-state index in [0.717, 1.165) is 22.2 Å². The van der Waals surface area contributed by atoms with Gasteiger partial charge in [0.25, 0.3) is 0 Å². The molecule has 0 bridgehead atoms. The van der Waals surface area contributed by atoms with E-state index in [1.807, 2.05) is 18.2 Å². The van der Waals surface area contributed by atoms with Crippen molar-refractivity contribution in [2.24, 2.45) is 5.92 Å². The lowest BCUT2D eigenvalue weighted by molar-refractivity contribution is 0.0355. The highest BCUT2D eigenvalue weighted by atomic mass is 79.9. The first-order valence-corrected chi connectivity index (χ1v) is 7.17. The number of hydrogen-bond donors (Lipinski definition) is 1. The third-order valence-corrected chi connectivity index (χ3v) is 4.49. The molecule has 0 spiro atoms. The zero-order chi connectivity index (χ0) is 11.8. The third-order valence-electron chi connectivity index (χ3n) is 3.99. The Labute approximate surface area is 110 Å². The van der Waals surface area contributed by atoms with Gasteiger partial charge in [-0.2, -0.15) is 0 Å². The number of hydrogen-bond acceptors (Lipinski definition) is 2. The Kier molecular flexibility index (Phi) is 3.14. The fraction of sp³-hybridized carbons (Fsp3) is 0.571. The van der Waals surface area contributed by atoms with E-state index in [1.54, 1.807) is 0 Å². The molecule has 0 aromatic heterocycles. The predicted molar refractivity (Wildman–Crippen MR) is 70.1 cm³/mol. The van der Waals surface area contributed by atoms with Gasteiger partial charge < -0.3 is 9.84 Å². The normalized spacial score (nSPS) is 28.8. The molecule has 92 valence electrons. The third kappa shape index (κ3) is 2.23. The lowest BCUT2D eigenvalue weighted by Gasteiger charge is -2.33. The minimum Gasteiger partial charge on any atom is -0.490 e. The van der Waals surface area contributed by atoms with Crippen LogP contribution in [0.25, 0.3) is 0 Å². The second-order valence-electron chi connectivity index (χ2n) is 5.13. The number of rotatable bonds is 1. The van der Waals surface area contributed by atoms with E-state index in [2.05, 4.69) is 15.9 Å². The summed E-state index contributed by atoms with van der Waals surface area (Å²) in [6.45, 7) is 0. The molecule has 1 aliphatic carbocycles. The molecule has 2 nitrogen and oxygen atoms in total. The standard InChI is InChI=1S/C14H17BrO2/c15-10-5-6-11-12(16)8-13(17-14(11)7-10)9-3-1-2-4-9/h5-7,9,12-13,16H,1-4,8H2/t12-,13?/m0/s1. The largest absolute Gasteiger partial charge is 0.490 e. The van der Waals surface area contributed by atoms with Gasteiger partial charge in [-0.1, -0.05) is 34.8 Å². The molecule has 1 N–H and O–H groups in total. The molecule has 1 fully saturated rings. The average Bonchev–Trinajstić information content (AvgIpc) is 2.81. The molecule has 1 aliphatic heterocycles. The molecular formula is C14H17BrO2. The maximum absolute atomic E-state index is 10.2. The van der Waals surface area contributed by atoms with E-state index in [9.17, 15) is 5.11 Å². The molecule has 1 aromatic carbocycles. The number of aliphatic hydroxyl groups excluding tert-OH is 1. The molecule has 3 rings (SSSR count). The molecule has 1 heterocycles. The smallest absolute Gasteiger partial charge is 0.126 e. The fourth-order valence-corrected chi connectivity index (χ4v) is 3.40. The Morgan fingerprint density at radius 3 is 2.76 bits per heavy atom. The van der Waals surface area contributed by atoms with Gasteiger partial charge >= 0.3 is 0 Å². The summed E-state index contributed by atoms with van der Waals surface area (Å²) in [6.07, 6.45) is 5.71. The maximum atomic E-state index is 10.2. The molecule has 2 aliphatic rings. The first-order valence-electron chi connectivity index (χ1n) is 6.38. The number of benzene rings is 1. The van der Waals surface area contributed by atoms with Crippen molar-refractivity contribution in [3.63, 3.8) is 0 Å². The Balaban J connectivity index is 1.85. The number of ether oxygens (including phenoxy) is 1. The highest BCUT2D eigenvalue weighted by molar-refractivity contribution is 9.10. The van der Waals surface area contributed by atoms with Crippen molar-refractivity contribution in [3.8, 4) is 5.75 Å². The molecule has 17 heavy (non-hydrogen) atoms. The first kappa shape index (κ1) is 11.5. The van der Waals surface area contributed by atoms with Crippen molar-refractivity contribution in [3.05, 3.63) is 28.2 Å². The SMILES string of the molecule is O[C@H]1CC(C2CCCC2)Oc2cc(Br)ccc21. The van der Waals surface area contributed by atoms with Crippen LogP contribution in [-0.2, 0) is 0 Å². The quantitative estimate of drug-likeness (QED) is 0.853. The van der Waals surface area contributed by atoms with E-state index >= 15 is 0 Å². The highest BCUT2D eigenvalue weighted by Crippen LogP contribution is 2.41. The van der Waals surface area contributed by atoms with Gasteiger partial charge in [0.15, 0.2) is 0 Å². The van der Waals surface area contributed by atoms with Crippen molar-refractivity contribution in [2.45, 2.75) is 44.3 Å². The number of halogens is 1. The summed E-state index contributed by atoms with van der Waals surface area (Å²) in [6, 6.07) is 5.88. The zero-order valence-corrected chi connectivity index (χ0v) is 11.3. The van der Waals surface area contributed by atoms with Gasteiger partial charge in [0.05, 0.1) is 6.10 Å². The van der Waals surface area contributed by atoms with Gasteiger partial charge in [0, 0.05) is 16.5 Å². The van der Waals surface area contributed by atoms with Crippen LogP contribution in [-0.4, -0.2) is 11.2 Å². The van der Waals surface area contributed by atoms with Crippen LogP contribution in [0.2, 0.25) is 0 Å². The molecule has 2 atom stereocenters. The summed E-state index contributed by atoms with van der Waals surface area (Å²) in [4.78, 5) is 0. The van der Waals surface area contributed by atoms with E-state index in [1.165, 1.54) is 25.7 Å². The molecule has 0 saturated heterocycles. The van der Waals surface area contributed by atoms with Crippen LogP contribution in [0.15, 0.2) is 22.7 Å². The first-order chi connectivity index (χ1) is 8.24.